The Labute approximate surface area is 155 Å². The smallest absolute Gasteiger partial charge is 0.319 e. The van der Waals surface area contributed by atoms with Crippen molar-refractivity contribution in [2.75, 3.05) is 24.2 Å². The number of benzene rings is 1. The van der Waals surface area contributed by atoms with Crippen LogP contribution in [0.2, 0.25) is 0 Å². The number of amides is 2. The number of aliphatic hydroxyl groups excluding tert-OH is 1. The van der Waals surface area contributed by atoms with Gasteiger partial charge < -0.3 is 26.0 Å². The first-order valence-electron chi connectivity index (χ1n) is 8.30. The van der Waals surface area contributed by atoms with E-state index in [1.165, 1.54) is 0 Å². The first-order chi connectivity index (χ1) is 12.6. The average Bonchev–Trinajstić information content (AvgIpc) is 3.43. The van der Waals surface area contributed by atoms with E-state index in [0.717, 1.165) is 36.1 Å². The molecule has 1 heterocycles. The van der Waals surface area contributed by atoms with Crippen LogP contribution in [0.15, 0.2) is 30.3 Å². The number of carbonyl (C=O) groups excluding carboxylic acids is 1. The number of nitrogens with one attached hydrogen (secondary N) is 2. The number of nitrogen functional groups attached to an aromatic ring is 1. The minimum absolute atomic E-state index is 0.0350. The molecular weight excluding hydrogens is 354 g/mol. The van der Waals surface area contributed by atoms with E-state index < -0.39 is 0 Å². The number of nitrogens with zero attached hydrogens (tertiary/aromatic N) is 2. The summed E-state index contributed by atoms with van der Waals surface area (Å²) in [5.74, 6) is 0.843. The lowest BCUT2D eigenvalue weighted by Gasteiger charge is -2.12. The predicted octanol–water partition coefficient (Wildman–Crippen LogP) is 2.43. The zero-order valence-corrected chi connectivity index (χ0v) is 14.9. The fourth-order valence-electron chi connectivity index (χ4n) is 2.50. The summed E-state index contributed by atoms with van der Waals surface area (Å²) in [5.41, 5.74) is 8.03. The van der Waals surface area contributed by atoms with Gasteiger partial charge in [-0.15, -0.1) is 0 Å². The largest absolute Gasteiger partial charge is 0.396 e. The molecular formula is C17H21N5O3S. The van der Waals surface area contributed by atoms with Crippen LogP contribution in [0.25, 0.3) is 11.4 Å². The van der Waals surface area contributed by atoms with Gasteiger partial charge in [0.1, 0.15) is 5.82 Å². The number of nitrogens with two attached hydrogens (primary N) is 1. The normalized spacial score (nSPS) is 14.7. The SMILES string of the molecule is Nc1cc(C2(SO)CC2)nc(-c2ccc(NC(=O)NCCCO)cc2)n1. The van der Waals surface area contributed by atoms with Crippen molar-refractivity contribution < 1.29 is 14.5 Å². The van der Waals surface area contributed by atoms with Crippen molar-refractivity contribution in [1.29, 1.82) is 0 Å². The second-order valence-corrected chi connectivity index (χ2v) is 7.09. The molecule has 0 radical (unpaired) electrons. The summed E-state index contributed by atoms with van der Waals surface area (Å²) in [6.45, 7) is 0.443. The van der Waals surface area contributed by atoms with Crippen molar-refractivity contribution in [3.8, 4) is 11.4 Å². The topological polar surface area (TPSA) is 133 Å². The second-order valence-electron chi connectivity index (χ2n) is 6.12. The standard InChI is InChI=1S/C17H21N5O3S/c18-14-10-13(17(26-25)6-7-17)21-15(22-14)11-2-4-12(5-3-11)20-16(24)19-8-1-9-23/h2-5,10,23,25H,1,6-9H2,(H2,18,21,22)(H2,19,20,24). The van der Waals surface area contributed by atoms with E-state index in [0.29, 0.717) is 30.3 Å². The maximum atomic E-state index is 11.7. The molecule has 0 spiro atoms. The van der Waals surface area contributed by atoms with Gasteiger partial charge in [-0.1, -0.05) is 0 Å². The van der Waals surface area contributed by atoms with Crippen molar-refractivity contribution in [3.63, 3.8) is 0 Å². The van der Waals surface area contributed by atoms with Crippen LogP contribution in [0.4, 0.5) is 16.3 Å². The van der Waals surface area contributed by atoms with Crippen molar-refractivity contribution in [3.05, 3.63) is 36.0 Å². The highest BCUT2D eigenvalue weighted by Crippen LogP contribution is 2.55. The lowest BCUT2D eigenvalue weighted by Crippen LogP contribution is -2.29. The summed E-state index contributed by atoms with van der Waals surface area (Å²) < 4.78 is 9.15. The molecule has 1 saturated carbocycles. The third kappa shape index (κ3) is 4.24. The van der Waals surface area contributed by atoms with Crippen LogP contribution in [0.5, 0.6) is 0 Å². The number of aliphatic hydroxyl groups is 1. The van der Waals surface area contributed by atoms with Gasteiger partial charge >= 0.3 is 6.03 Å². The van der Waals surface area contributed by atoms with Gasteiger partial charge in [0.2, 0.25) is 0 Å². The second kappa shape index (κ2) is 7.90. The molecule has 1 aromatic carbocycles. The summed E-state index contributed by atoms with van der Waals surface area (Å²) in [7, 11) is 0. The first-order valence-corrected chi connectivity index (χ1v) is 9.07. The van der Waals surface area contributed by atoms with E-state index in [4.69, 9.17) is 10.8 Å². The zero-order chi connectivity index (χ0) is 18.6. The maximum absolute atomic E-state index is 11.7. The Morgan fingerprint density at radius 3 is 2.62 bits per heavy atom. The molecule has 0 atom stereocenters. The molecule has 1 fully saturated rings. The molecule has 8 nitrogen and oxygen atoms in total. The first kappa shape index (κ1) is 18.4. The fraction of sp³-hybridized carbons (Fsp3) is 0.353. The highest BCUT2D eigenvalue weighted by molar-refractivity contribution is 7.95. The third-order valence-corrected chi connectivity index (χ3v) is 5.08. The van der Waals surface area contributed by atoms with Crippen LogP contribution in [0, 0.1) is 0 Å². The van der Waals surface area contributed by atoms with Gasteiger partial charge in [0.15, 0.2) is 5.82 Å². The lowest BCUT2D eigenvalue weighted by atomic mass is 10.1. The Hall–Kier alpha value is -2.36. The van der Waals surface area contributed by atoms with Crippen molar-refractivity contribution in [2.45, 2.75) is 24.0 Å². The van der Waals surface area contributed by atoms with Gasteiger partial charge in [-0.05, 0) is 43.5 Å². The Morgan fingerprint density at radius 1 is 1.27 bits per heavy atom. The minimum Gasteiger partial charge on any atom is -0.396 e. The van der Waals surface area contributed by atoms with E-state index in [1.807, 2.05) is 0 Å². The molecule has 0 saturated heterocycles. The highest BCUT2D eigenvalue weighted by atomic mass is 32.2. The van der Waals surface area contributed by atoms with Gasteiger partial charge in [-0.2, -0.15) is 0 Å². The molecule has 3 rings (SSSR count). The van der Waals surface area contributed by atoms with Crippen LogP contribution >= 0.6 is 12.0 Å². The van der Waals surface area contributed by atoms with Gasteiger partial charge in [-0.25, -0.2) is 14.8 Å². The molecule has 0 unspecified atom stereocenters. The molecule has 1 aliphatic carbocycles. The van der Waals surface area contributed by atoms with Crippen molar-refractivity contribution in [1.82, 2.24) is 15.3 Å². The summed E-state index contributed by atoms with van der Waals surface area (Å²) >= 11 is 0.805. The number of hydrogen-bond acceptors (Lipinski definition) is 7. The Morgan fingerprint density at radius 2 is 2.00 bits per heavy atom. The Balaban J connectivity index is 1.72. The van der Waals surface area contributed by atoms with Crippen LogP contribution in [-0.4, -0.2) is 38.8 Å². The monoisotopic (exact) mass is 375 g/mol. The molecule has 0 aliphatic heterocycles. The molecule has 2 aromatic rings. The van der Waals surface area contributed by atoms with Crippen LogP contribution < -0.4 is 16.4 Å². The summed E-state index contributed by atoms with van der Waals surface area (Å²) in [4.78, 5) is 20.5. The molecule has 138 valence electrons. The molecule has 26 heavy (non-hydrogen) atoms. The number of carbonyl (C=O) groups is 1. The van der Waals surface area contributed by atoms with E-state index in [1.54, 1.807) is 30.3 Å². The molecule has 1 aromatic heterocycles. The number of rotatable bonds is 7. The minimum atomic E-state index is -0.361. The predicted molar refractivity (Wildman–Crippen MR) is 102 cm³/mol. The van der Waals surface area contributed by atoms with E-state index >= 15 is 0 Å². The van der Waals surface area contributed by atoms with E-state index in [9.17, 15) is 9.35 Å². The third-order valence-electron chi connectivity index (χ3n) is 4.11. The Bertz CT molecular complexity index is 780. The molecule has 2 amide bonds. The van der Waals surface area contributed by atoms with Crippen LogP contribution in [-0.2, 0) is 4.75 Å². The zero-order valence-electron chi connectivity index (χ0n) is 14.1. The Kier molecular flexibility index (Phi) is 5.60. The van der Waals surface area contributed by atoms with Gasteiger partial charge in [-0.3, -0.25) is 0 Å². The van der Waals surface area contributed by atoms with Crippen molar-refractivity contribution in [2.24, 2.45) is 0 Å². The number of urea groups is 1. The molecule has 9 heteroatoms. The highest BCUT2D eigenvalue weighted by Gasteiger charge is 2.47. The van der Waals surface area contributed by atoms with Gasteiger partial charge in [0.05, 0.1) is 10.4 Å². The molecule has 6 N–H and O–H groups in total. The van der Waals surface area contributed by atoms with Crippen LogP contribution in [0.3, 0.4) is 0 Å². The molecule has 0 bridgehead atoms. The maximum Gasteiger partial charge on any atom is 0.319 e. The fourth-order valence-corrected chi connectivity index (χ4v) is 2.98. The quantitative estimate of drug-likeness (QED) is 0.371. The number of aromatic nitrogens is 2. The summed E-state index contributed by atoms with van der Waals surface area (Å²) in [5, 5.41) is 14.1. The number of hydrogen-bond donors (Lipinski definition) is 5. The number of anilines is 2. The van der Waals surface area contributed by atoms with E-state index in [-0.39, 0.29) is 17.4 Å². The molecule has 1 aliphatic rings. The van der Waals surface area contributed by atoms with Crippen LogP contribution in [0.1, 0.15) is 25.0 Å². The van der Waals surface area contributed by atoms with E-state index in [2.05, 4.69) is 20.6 Å². The van der Waals surface area contributed by atoms with Gasteiger partial charge in [0, 0.05) is 42.5 Å². The van der Waals surface area contributed by atoms with Crippen molar-refractivity contribution >= 4 is 29.6 Å². The lowest BCUT2D eigenvalue weighted by molar-refractivity contribution is 0.249. The average molecular weight is 375 g/mol. The van der Waals surface area contributed by atoms with Gasteiger partial charge in [0.25, 0.3) is 0 Å². The summed E-state index contributed by atoms with van der Waals surface area (Å²) in [6.07, 6.45) is 2.23. The summed E-state index contributed by atoms with van der Waals surface area (Å²) in [6, 6.07) is 8.47.